The van der Waals surface area contributed by atoms with Gasteiger partial charge in [-0.2, -0.15) is 0 Å². The third-order valence-corrected chi connectivity index (χ3v) is 5.42. The van der Waals surface area contributed by atoms with Gasteiger partial charge in [0.05, 0.1) is 13.1 Å². The van der Waals surface area contributed by atoms with Crippen molar-refractivity contribution in [1.82, 2.24) is 24.8 Å². The Morgan fingerprint density at radius 1 is 1.14 bits per heavy atom. The number of nitrogens with zero attached hydrogens (tertiary/aromatic N) is 4. The minimum atomic E-state index is 0.0242. The second-order valence-corrected chi connectivity index (χ2v) is 7.63. The number of benzene rings is 1. The van der Waals surface area contributed by atoms with Crippen LogP contribution in [0.15, 0.2) is 48.7 Å². The summed E-state index contributed by atoms with van der Waals surface area (Å²) in [6.45, 7) is 3.07. The SMILES string of the molecule is O=C(CN1CCC(c2nnc3ccccn23)CC1)NCCOc1ccc(Cl)cc1. The Morgan fingerprint density at radius 3 is 2.72 bits per heavy atom. The van der Waals surface area contributed by atoms with E-state index in [4.69, 9.17) is 16.3 Å². The van der Waals surface area contributed by atoms with E-state index in [1.165, 1.54) is 0 Å². The number of piperidine rings is 1. The molecule has 0 spiro atoms. The number of aromatic nitrogens is 3. The summed E-state index contributed by atoms with van der Waals surface area (Å²) in [7, 11) is 0. The molecule has 4 rings (SSSR count). The topological polar surface area (TPSA) is 71.8 Å². The predicted molar refractivity (Wildman–Crippen MR) is 111 cm³/mol. The zero-order chi connectivity index (χ0) is 20.1. The number of likely N-dealkylation sites (tertiary alicyclic amines) is 1. The van der Waals surface area contributed by atoms with E-state index in [1.807, 2.05) is 36.5 Å². The highest BCUT2D eigenvalue weighted by Gasteiger charge is 2.25. The molecule has 29 heavy (non-hydrogen) atoms. The van der Waals surface area contributed by atoms with Crippen molar-refractivity contribution < 1.29 is 9.53 Å². The van der Waals surface area contributed by atoms with Crippen molar-refractivity contribution in [3.63, 3.8) is 0 Å². The number of amides is 1. The van der Waals surface area contributed by atoms with Crippen LogP contribution in [-0.4, -0.2) is 58.2 Å². The van der Waals surface area contributed by atoms with E-state index < -0.39 is 0 Å². The molecule has 0 bridgehead atoms. The van der Waals surface area contributed by atoms with Crippen LogP contribution in [0.3, 0.4) is 0 Å². The van der Waals surface area contributed by atoms with E-state index in [2.05, 4.69) is 24.8 Å². The average molecular weight is 414 g/mol. The molecule has 8 heteroatoms. The summed E-state index contributed by atoms with van der Waals surface area (Å²) >= 11 is 5.85. The van der Waals surface area contributed by atoms with Crippen molar-refractivity contribution in [3.8, 4) is 5.75 Å². The van der Waals surface area contributed by atoms with E-state index in [1.54, 1.807) is 12.1 Å². The average Bonchev–Trinajstić information content (AvgIpc) is 3.17. The monoisotopic (exact) mass is 413 g/mol. The maximum Gasteiger partial charge on any atom is 0.234 e. The van der Waals surface area contributed by atoms with E-state index in [9.17, 15) is 4.79 Å². The number of nitrogens with one attached hydrogen (secondary N) is 1. The van der Waals surface area contributed by atoms with Crippen LogP contribution in [0.5, 0.6) is 5.75 Å². The molecule has 1 aliphatic rings. The number of ether oxygens (including phenoxy) is 1. The van der Waals surface area contributed by atoms with Crippen molar-refractivity contribution in [2.24, 2.45) is 0 Å². The van der Waals surface area contributed by atoms with Crippen LogP contribution in [-0.2, 0) is 4.79 Å². The fourth-order valence-electron chi connectivity index (χ4n) is 3.64. The number of fused-ring (bicyclic) bond motifs is 1. The first-order valence-corrected chi connectivity index (χ1v) is 10.2. The molecule has 0 aliphatic carbocycles. The Labute approximate surface area is 174 Å². The zero-order valence-electron chi connectivity index (χ0n) is 16.1. The van der Waals surface area contributed by atoms with Gasteiger partial charge in [-0.15, -0.1) is 10.2 Å². The highest BCUT2D eigenvalue weighted by atomic mass is 35.5. The molecule has 1 amide bonds. The lowest BCUT2D eigenvalue weighted by molar-refractivity contribution is -0.122. The molecule has 152 valence electrons. The van der Waals surface area contributed by atoms with Gasteiger partial charge in [0.1, 0.15) is 18.2 Å². The number of pyridine rings is 1. The summed E-state index contributed by atoms with van der Waals surface area (Å²) in [5.74, 6) is 2.16. The molecule has 1 fully saturated rings. The maximum absolute atomic E-state index is 12.2. The lowest BCUT2D eigenvalue weighted by Crippen LogP contribution is -2.42. The summed E-state index contributed by atoms with van der Waals surface area (Å²) in [5.41, 5.74) is 0.880. The highest BCUT2D eigenvalue weighted by Crippen LogP contribution is 2.26. The minimum absolute atomic E-state index is 0.0242. The number of halogens is 1. The zero-order valence-corrected chi connectivity index (χ0v) is 16.9. The number of carbonyl (C=O) groups excluding carboxylic acids is 1. The van der Waals surface area contributed by atoms with Gasteiger partial charge in [-0.3, -0.25) is 14.1 Å². The van der Waals surface area contributed by atoms with Crippen molar-refractivity contribution in [3.05, 3.63) is 59.5 Å². The second kappa shape index (κ2) is 9.24. The molecule has 3 heterocycles. The first kappa shape index (κ1) is 19.7. The number of carbonyl (C=O) groups is 1. The fraction of sp³-hybridized carbons (Fsp3) is 0.381. The van der Waals surface area contributed by atoms with Crippen LogP contribution in [0.4, 0.5) is 0 Å². The molecule has 1 aliphatic heterocycles. The van der Waals surface area contributed by atoms with Crippen molar-refractivity contribution in [1.29, 1.82) is 0 Å². The Kier molecular flexibility index (Phi) is 6.27. The molecule has 2 aromatic heterocycles. The lowest BCUT2D eigenvalue weighted by Gasteiger charge is -2.30. The molecular formula is C21H24ClN5O2. The molecule has 0 saturated carbocycles. The van der Waals surface area contributed by atoms with Gasteiger partial charge in [-0.25, -0.2) is 0 Å². The minimum Gasteiger partial charge on any atom is -0.492 e. The normalized spacial score (nSPS) is 15.5. The van der Waals surface area contributed by atoms with E-state index in [0.717, 1.165) is 43.2 Å². The second-order valence-electron chi connectivity index (χ2n) is 7.19. The molecule has 7 nitrogen and oxygen atoms in total. The Hall–Kier alpha value is -2.64. The summed E-state index contributed by atoms with van der Waals surface area (Å²) in [5, 5.41) is 12.2. The van der Waals surface area contributed by atoms with Gasteiger partial charge < -0.3 is 10.1 Å². The summed E-state index contributed by atoms with van der Waals surface area (Å²) < 4.78 is 7.65. The lowest BCUT2D eigenvalue weighted by atomic mass is 9.96. The smallest absolute Gasteiger partial charge is 0.234 e. The van der Waals surface area contributed by atoms with Gasteiger partial charge in [0, 0.05) is 17.1 Å². The highest BCUT2D eigenvalue weighted by molar-refractivity contribution is 6.30. The first-order chi connectivity index (χ1) is 14.2. The van der Waals surface area contributed by atoms with E-state index in [0.29, 0.717) is 30.6 Å². The van der Waals surface area contributed by atoms with Crippen LogP contribution in [0.1, 0.15) is 24.6 Å². The molecule has 0 unspecified atom stereocenters. The number of hydrogen-bond acceptors (Lipinski definition) is 5. The largest absolute Gasteiger partial charge is 0.492 e. The molecule has 0 radical (unpaired) electrons. The molecule has 1 N–H and O–H groups in total. The van der Waals surface area contributed by atoms with Crippen molar-refractivity contribution in [2.45, 2.75) is 18.8 Å². The van der Waals surface area contributed by atoms with E-state index >= 15 is 0 Å². The summed E-state index contributed by atoms with van der Waals surface area (Å²) in [6, 6.07) is 13.1. The van der Waals surface area contributed by atoms with Crippen LogP contribution in [0.25, 0.3) is 5.65 Å². The molecule has 1 saturated heterocycles. The van der Waals surface area contributed by atoms with Gasteiger partial charge in [0.15, 0.2) is 5.65 Å². The van der Waals surface area contributed by atoms with Gasteiger partial charge in [-0.1, -0.05) is 17.7 Å². The van der Waals surface area contributed by atoms with Gasteiger partial charge in [0.2, 0.25) is 5.91 Å². The van der Waals surface area contributed by atoms with Gasteiger partial charge >= 0.3 is 0 Å². The molecule has 1 aromatic carbocycles. The number of rotatable bonds is 7. The maximum atomic E-state index is 12.2. The Bertz CT molecular complexity index is 951. The van der Waals surface area contributed by atoms with Gasteiger partial charge in [-0.05, 0) is 62.3 Å². The first-order valence-electron chi connectivity index (χ1n) is 9.86. The molecular weight excluding hydrogens is 390 g/mol. The molecule has 0 atom stereocenters. The van der Waals surface area contributed by atoms with Crippen LogP contribution in [0.2, 0.25) is 5.02 Å². The van der Waals surface area contributed by atoms with Crippen molar-refractivity contribution >= 4 is 23.2 Å². The third kappa shape index (κ3) is 5.05. The Morgan fingerprint density at radius 2 is 1.93 bits per heavy atom. The predicted octanol–water partition coefficient (Wildman–Crippen LogP) is 2.76. The van der Waals surface area contributed by atoms with Crippen molar-refractivity contribution in [2.75, 3.05) is 32.8 Å². The summed E-state index contributed by atoms with van der Waals surface area (Å²) in [4.78, 5) is 14.4. The third-order valence-electron chi connectivity index (χ3n) is 5.17. The summed E-state index contributed by atoms with van der Waals surface area (Å²) in [6.07, 6.45) is 3.96. The fourth-order valence-corrected chi connectivity index (χ4v) is 3.76. The van der Waals surface area contributed by atoms with Gasteiger partial charge in [0.25, 0.3) is 0 Å². The van der Waals surface area contributed by atoms with E-state index in [-0.39, 0.29) is 5.91 Å². The Balaban J connectivity index is 1.17. The standard InChI is InChI=1S/C21H24ClN5O2/c22-17-4-6-18(7-5-17)29-14-10-23-20(28)15-26-12-8-16(9-13-26)21-25-24-19-3-1-2-11-27(19)21/h1-7,11,16H,8-10,12-15H2,(H,23,28). The molecule has 3 aromatic rings. The van der Waals surface area contributed by atoms with Crippen LogP contribution in [0, 0.1) is 0 Å². The van der Waals surface area contributed by atoms with Crippen LogP contribution >= 0.6 is 11.6 Å². The van der Waals surface area contributed by atoms with Crippen LogP contribution < -0.4 is 10.1 Å². The number of hydrogen-bond donors (Lipinski definition) is 1. The quantitative estimate of drug-likeness (QED) is 0.603.